The molecule has 2 rings (SSSR count). The Hall–Kier alpha value is -1.80. The number of hydrazine groups is 1. The number of hydrogen-bond acceptors (Lipinski definition) is 6. The second-order valence-corrected chi connectivity index (χ2v) is 4.07. The van der Waals surface area contributed by atoms with Crippen LogP contribution < -0.4 is 16.0 Å². The molecular formula is C9H8F2N4OS. The van der Waals surface area contributed by atoms with Crippen LogP contribution in [-0.2, 0) is 6.61 Å². The molecule has 2 aromatic rings. The lowest BCUT2D eigenvalue weighted by Gasteiger charge is -2.03. The molecule has 0 aliphatic carbocycles. The van der Waals surface area contributed by atoms with E-state index in [1.165, 1.54) is 17.4 Å². The molecular weight excluding hydrogens is 250 g/mol. The van der Waals surface area contributed by atoms with Gasteiger partial charge < -0.3 is 4.74 Å². The van der Waals surface area contributed by atoms with Crippen LogP contribution in [-0.4, -0.2) is 10.2 Å². The normalized spacial score (nSPS) is 10.3. The molecule has 0 aliphatic heterocycles. The Morgan fingerprint density at radius 3 is 2.76 bits per heavy atom. The number of anilines is 1. The Balaban J connectivity index is 1.99. The molecule has 0 saturated carbocycles. The van der Waals surface area contributed by atoms with Crippen molar-refractivity contribution in [3.8, 4) is 5.75 Å². The summed E-state index contributed by atoms with van der Waals surface area (Å²) in [5, 5.41) is 8.50. The zero-order valence-corrected chi connectivity index (χ0v) is 9.30. The van der Waals surface area contributed by atoms with Gasteiger partial charge in [0.2, 0.25) is 5.13 Å². The predicted molar refractivity (Wildman–Crippen MR) is 58.4 cm³/mol. The van der Waals surface area contributed by atoms with Crippen LogP contribution in [0, 0.1) is 11.6 Å². The maximum Gasteiger partial charge on any atom is 0.219 e. The molecule has 0 unspecified atom stereocenters. The molecule has 1 aromatic heterocycles. The van der Waals surface area contributed by atoms with E-state index in [4.69, 9.17) is 10.6 Å². The van der Waals surface area contributed by atoms with Crippen molar-refractivity contribution < 1.29 is 13.5 Å². The zero-order valence-electron chi connectivity index (χ0n) is 8.48. The first-order valence-corrected chi connectivity index (χ1v) is 5.37. The van der Waals surface area contributed by atoms with Gasteiger partial charge in [-0.1, -0.05) is 11.3 Å². The van der Waals surface area contributed by atoms with E-state index in [1.807, 2.05) is 0 Å². The smallest absolute Gasteiger partial charge is 0.219 e. The highest BCUT2D eigenvalue weighted by Gasteiger charge is 2.06. The summed E-state index contributed by atoms with van der Waals surface area (Å²) in [4.78, 5) is 0. The first kappa shape index (κ1) is 11.7. The van der Waals surface area contributed by atoms with Crippen LogP contribution in [0.15, 0.2) is 18.2 Å². The molecule has 0 aliphatic rings. The van der Waals surface area contributed by atoms with E-state index in [2.05, 4.69) is 15.6 Å². The highest BCUT2D eigenvalue weighted by molar-refractivity contribution is 7.15. The fraction of sp³-hybridized carbons (Fsp3) is 0.111. The molecule has 0 saturated heterocycles. The van der Waals surface area contributed by atoms with Gasteiger partial charge in [-0.2, -0.15) is 0 Å². The summed E-state index contributed by atoms with van der Waals surface area (Å²) < 4.78 is 30.7. The lowest BCUT2D eigenvalue weighted by atomic mass is 10.3. The van der Waals surface area contributed by atoms with Crippen LogP contribution in [0.25, 0.3) is 0 Å². The summed E-state index contributed by atoms with van der Waals surface area (Å²) >= 11 is 1.21. The Kier molecular flexibility index (Phi) is 3.45. The molecule has 1 heterocycles. The van der Waals surface area contributed by atoms with Gasteiger partial charge in [-0.25, -0.2) is 14.6 Å². The average Bonchev–Trinajstić information content (AvgIpc) is 2.79. The van der Waals surface area contributed by atoms with Crippen LogP contribution in [0.1, 0.15) is 5.01 Å². The van der Waals surface area contributed by atoms with Gasteiger partial charge in [-0.15, -0.1) is 10.2 Å². The number of ether oxygens (including phenoxy) is 1. The maximum absolute atomic E-state index is 12.9. The van der Waals surface area contributed by atoms with Crippen LogP contribution in [0.2, 0.25) is 0 Å². The number of hydrogen-bond donors (Lipinski definition) is 2. The van der Waals surface area contributed by atoms with E-state index in [0.29, 0.717) is 10.1 Å². The van der Waals surface area contributed by atoms with Crippen molar-refractivity contribution in [1.29, 1.82) is 0 Å². The summed E-state index contributed by atoms with van der Waals surface area (Å²) in [5.41, 5.74) is 2.34. The Labute approximate surface area is 99.2 Å². The second kappa shape index (κ2) is 5.02. The van der Waals surface area contributed by atoms with E-state index in [1.54, 1.807) is 0 Å². The lowest BCUT2D eigenvalue weighted by Crippen LogP contribution is -2.05. The third kappa shape index (κ3) is 2.86. The number of halogens is 2. The number of benzene rings is 1. The van der Waals surface area contributed by atoms with Gasteiger partial charge in [0.05, 0.1) is 0 Å². The van der Waals surface area contributed by atoms with E-state index >= 15 is 0 Å². The molecule has 1 aromatic carbocycles. The Morgan fingerprint density at radius 1 is 1.29 bits per heavy atom. The molecule has 0 fully saturated rings. The fourth-order valence-electron chi connectivity index (χ4n) is 1.08. The van der Waals surface area contributed by atoms with Gasteiger partial charge in [-0.05, 0) is 12.1 Å². The molecule has 0 amide bonds. The molecule has 17 heavy (non-hydrogen) atoms. The maximum atomic E-state index is 12.9. The molecule has 0 bridgehead atoms. The molecule has 90 valence electrons. The number of nitrogens with one attached hydrogen (secondary N) is 1. The van der Waals surface area contributed by atoms with Crippen molar-refractivity contribution in [2.24, 2.45) is 5.84 Å². The zero-order chi connectivity index (χ0) is 12.3. The third-order valence-electron chi connectivity index (χ3n) is 1.84. The van der Waals surface area contributed by atoms with Crippen LogP contribution in [0.5, 0.6) is 5.75 Å². The fourth-order valence-corrected chi connectivity index (χ4v) is 1.65. The molecule has 0 radical (unpaired) electrons. The first-order valence-electron chi connectivity index (χ1n) is 4.56. The van der Waals surface area contributed by atoms with E-state index < -0.39 is 11.6 Å². The summed E-state index contributed by atoms with van der Waals surface area (Å²) in [6, 6.07) is 3.30. The largest absolute Gasteiger partial charge is 0.486 e. The van der Waals surface area contributed by atoms with Gasteiger partial charge in [0.15, 0.2) is 16.6 Å². The minimum atomic E-state index is -0.955. The Morgan fingerprint density at radius 2 is 2.12 bits per heavy atom. The van der Waals surface area contributed by atoms with E-state index in [-0.39, 0.29) is 12.4 Å². The van der Waals surface area contributed by atoms with Crippen molar-refractivity contribution in [1.82, 2.24) is 10.2 Å². The summed E-state index contributed by atoms with van der Waals surface area (Å²) in [5.74, 6) is 3.49. The van der Waals surface area contributed by atoms with Gasteiger partial charge in [0, 0.05) is 6.07 Å². The number of aromatic nitrogens is 2. The van der Waals surface area contributed by atoms with E-state index in [9.17, 15) is 8.78 Å². The summed E-state index contributed by atoms with van der Waals surface area (Å²) in [7, 11) is 0. The Bertz CT molecular complexity index is 519. The highest BCUT2D eigenvalue weighted by atomic mass is 32.1. The van der Waals surface area contributed by atoms with Crippen LogP contribution in [0.4, 0.5) is 13.9 Å². The monoisotopic (exact) mass is 258 g/mol. The number of nitrogens with two attached hydrogens (primary N) is 1. The highest BCUT2D eigenvalue weighted by Crippen LogP contribution is 2.19. The first-order chi connectivity index (χ1) is 8.19. The predicted octanol–water partition coefficient (Wildman–Crippen LogP) is 1.68. The van der Waals surface area contributed by atoms with Crippen LogP contribution >= 0.6 is 11.3 Å². The molecule has 8 heteroatoms. The van der Waals surface area contributed by atoms with Crippen molar-refractivity contribution in [2.45, 2.75) is 6.61 Å². The van der Waals surface area contributed by atoms with Crippen molar-refractivity contribution in [2.75, 3.05) is 5.43 Å². The molecule has 0 spiro atoms. The summed E-state index contributed by atoms with van der Waals surface area (Å²) in [6.07, 6.45) is 0. The number of nitrogen functional groups attached to an aromatic ring is 1. The van der Waals surface area contributed by atoms with Gasteiger partial charge in [0.25, 0.3) is 0 Å². The molecule has 3 N–H and O–H groups in total. The van der Waals surface area contributed by atoms with Gasteiger partial charge >= 0.3 is 0 Å². The standard InChI is InChI=1S/C9H8F2N4OS/c10-6-2-1-5(3-7(6)11)16-4-8-14-15-9(13-12)17-8/h1-3H,4,12H2,(H,13,15). The third-order valence-corrected chi connectivity index (χ3v) is 2.67. The lowest BCUT2D eigenvalue weighted by molar-refractivity contribution is 0.301. The topological polar surface area (TPSA) is 73.1 Å². The molecule has 0 atom stereocenters. The van der Waals surface area contributed by atoms with E-state index in [0.717, 1.165) is 12.1 Å². The summed E-state index contributed by atoms with van der Waals surface area (Å²) in [6.45, 7) is 0.115. The molecule has 5 nitrogen and oxygen atoms in total. The SMILES string of the molecule is NNc1nnc(COc2ccc(F)c(F)c2)s1. The minimum absolute atomic E-state index is 0.115. The number of nitrogens with zero attached hydrogens (tertiary/aromatic N) is 2. The van der Waals surface area contributed by atoms with Crippen LogP contribution in [0.3, 0.4) is 0 Å². The minimum Gasteiger partial charge on any atom is -0.486 e. The number of rotatable bonds is 4. The van der Waals surface area contributed by atoms with Gasteiger partial charge in [0.1, 0.15) is 12.4 Å². The van der Waals surface area contributed by atoms with Crippen molar-refractivity contribution in [3.05, 3.63) is 34.8 Å². The quantitative estimate of drug-likeness (QED) is 0.644. The van der Waals surface area contributed by atoms with Crippen molar-refractivity contribution in [3.63, 3.8) is 0 Å². The second-order valence-electron chi connectivity index (χ2n) is 3.01. The average molecular weight is 258 g/mol. The van der Waals surface area contributed by atoms with Gasteiger partial charge in [-0.3, -0.25) is 5.43 Å². The van der Waals surface area contributed by atoms with Crippen molar-refractivity contribution >= 4 is 16.5 Å².